The fourth-order valence-corrected chi connectivity index (χ4v) is 2.67. The van der Waals surface area contributed by atoms with Gasteiger partial charge in [0.1, 0.15) is 17.6 Å². The number of H-pyrrole nitrogens is 1. The predicted octanol–water partition coefficient (Wildman–Crippen LogP) is 1.55. The summed E-state index contributed by atoms with van der Waals surface area (Å²) in [7, 11) is 0. The third kappa shape index (κ3) is 4.05. The highest BCUT2D eigenvalue weighted by atomic mass is 35.5. The molecule has 8 nitrogen and oxygen atoms in total. The number of hydrogen-bond acceptors (Lipinski definition) is 6. The van der Waals surface area contributed by atoms with Crippen molar-refractivity contribution in [2.45, 2.75) is 6.10 Å². The van der Waals surface area contributed by atoms with E-state index in [4.69, 9.17) is 29.6 Å². The first kappa shape index (κ1) is 18.8. The largest absolute Gasteiger partial charge is 0.508 e. The Morgan fingerprint density at radius 2 is 2.07 bits per heavy atom. The third-order valence-corrected chi connectivity index (χ3v) is 4.00. The van der Waals surface area contributed by atoms with Crippen LogP contribution in [0.15, 0.2) is 52.4 Å². The lowest BCUT2D eigenvalue weighted by Crippen LogP contribution is -2.31. The molecule has 2 aromatic carbocycles. The number of phenolic OH excluding ortho intramolecular Hbond substituents is 1. The highest BCUT2D eigenvalue weighted by Crippen LogP contribution is 2.26. The number of aliphatic hydroxyl groups is 1. The van der Waals surface area contributed by atoms with E-state index in [0.717, 1.165) is 0 Å². The summed E-state index contributed by atoms with van der Waals surface area (Å²) in [5, 5.41) is 25.0. The molecule has 0 aliphatic carbocycles. The van der Waals surface area contributed by atoms with Crippen molar-refractivity contribution >= 4 is 45.7 Å². The molecule has 0 saturated heterocycles. The maximum atomic E-state index is 12.5. The number of aromatic nitrogens is 2. The zero-order valence-corrected chi connectivity index (χ0v) is 15.3. The number of benzene rings is 2. The molecule has 6 N–H and O–H groups in total. The smallest absolute Gasteiger partial charge is 0.276 e. The van der Waals surface area contributed by atoms with Gasteiger partial charge in [0.25, 0.3) is 5.56 Å². The van der Waals surface area contributed by atoms with Crippen LogP contribution in [0.3, 0.4) is 0 Å². The van der Waals surface area contributed by atoms with Crippen LogP contribution in [-0.2, 0) is 0 Å². The number of halogens is 1. The summed E-state index contributed by atoms with van der Waals surface area (Å²) in [6.45, 7) is 0. The Bertz CT molecular complexity index is 1120. The minimum atomic E-state index is -1.47. The Labute approximate surface area is 163 Å². The van der Waals surface area contributed by atoms with Gasteiger partial charge in [0.05, 0.1) is 11.0 Å². The van der Waals surface area contributed by atoms with Crippen LogP contribution in [0.4, 0.5) is 0 Å². The monoisotopic (exact) mass is 403 g/mol. The number of rotatable bonds is 4. The van der Waals surface area contributed by atoms with Gasteiger partial charge in [-0.2, -0.15) is 5.10 Å². The van der Waals surface area contributed by atoms with Gasteiger partial charge in [-0.15, -0.1) is 0 Å². The predicted molar refractivity (Wildman–Crippen MR) is 107 cm³/mol. The van der Waals surface area contributed by atoms with E-state index in [0.29, 0.717) is 16.1 Å². The number of hydrogen-bond donors (Lipinski definition) is 5. The Hall–Kier alpha value is -3.01. The topological polar surface area (TPSA) is 137 Å². The summed E-state index contributed by atoms with van der Waals surface area (Å²) >= 11 is 10.7. The van der Waals surface area contributed by atoms with Crippen molar-refractivity contribution in [2.75, 3.05) is 0 Å². The Kier molecular flexibility index (Phi) is 5.36. The van der Waals surface area contributed by atoms with Gasteiger partial charge in [0, 0.05) is 10.6 Å². The maximum absolute atomic E-state index is 12.5. The van der Waals surface area contributed by atoms with E-state index in [2.05, 4.69) is 20.5 Å². The van der Waals surface area contributed by atoms with E-state index in [1.165, 1.54) is 12.1 Å². The second-order valence-electron chi connectivity index (χ2n) is 5.51. The zero-order chi connectivity index (χ0) is 19.6. The van der Waals surface area contributed by atoms with Crippen molar-refractivity contribution in [2.24, 2.45) is 10.8 Å². The molecule has 10 heteroatoms. The molecular weight excluding hydrogens is 390 g/mol. The minimum absolute atomic E-state index is 0.137. The van der Waals surface area contributed by atoms with Crippen molar-refractivity contribution in [1.82, 2.24) is 15.4 Å². The zero-order valence-electron chi connectivity index (χ0n) is 13.7. The lowest BCUT2D eigenvalue weighted by Gasteiger charge is -2.15. The minimum Gasteiger partial charge on any atom is -0.508 e. The van der Waals surface area contributed by atoms with Crippen LogP contribution in [0.25, 0.3) is 11.0 Å². The van der Waals surface area contributed by atoms with E-state index in [1.54, 1.807) is 30.3 Å². The molecule has 0 aliphatic rings. The van der Waals surface area contributed by atoms with E-state index < -0.39 is 11.7 Å². The van der Waals surface area contributed by atoms with Crippen molar-refractivity contribution in [1.29, 1.82) is 0 Å². The summed E-state index contributed by atoms with van der Waals surface area (Å²) in [6.07, 6.45) is -1.47. The molecular formula is C17H14ClN5O3S. The highest BCUT2D eigenvalue weighted by Gasteiger charge is 2.24. The van der Waals surface area contributed by atoms with Crippen molar-refractivity contribution in [3.05, 3.63) is 69.1 Å². The first-order valence-electron chi connectivity index (χ1n) is 7.65. The molecule has 3 aromatic rings. The van der Waals surface area contributed by atoms with Crippen LogP contribution >= 0.6 is 23.8 Å². The molecule has 1 aromatic heterocycles. The van der Waals surface area contributed by atoms with Gasteiger partial charge < -0.3 is 20.9 Å². The molecule has 0 radical (unpaired) electrons. The van der Waals surface area contributed by atoms with Gasteiger partial charge in [0.15, 0.2) is 10.8 Å². The fraction of sp³-hybridized carbons (Fsp3) is 0.0588. The van der Waals surface area contributed by atoms with Crippen LogP contribution in [0, 0.1) is 0 Å². The Morgan fingerprint density at radius 1 is 1.33 bits per heavy atom. The number of aromatic amines is 1. The molecule has 0 fully saturated rings. The molecule has 0 aliphatic heterocycles. The van der Waals surface area contributed by atoms with Crippen molar-refractivity contribution in [3.63, 3.8) is 0 Å². The van der Waals surface area contributed by atoms with Crippen molar-refractivity contribution < 1.29 is 10.2 Å². The molecule has 0 amide bonds. The van der Waals surface area contributed by atoms with E-state index >= 15 is 0 Å². The number of nitrogens with one attached hydrogen (secondary N) is 2. The van der Waals surface area contributed by atoms with Crippen LogP contribution < -0.4 is 16.7 Å². The van der Waals surface area contributed by atoms with Gasteiger partial charge in [-0.1, -0.05) is 29.8 Å². The number of fused-ring (bicyclic) bond motifs is 1. The average Bonchev–Trinajstić information content (AvgIpc) is 2.62. The van der Waals surface area contributed by atoms with E-state index in [1.807, 2.05) is 0 Å². The summed E-state index contributed by atoms with van der Waals surface area (Å²) in [5.41, 5.74) is 7.79. The SMILES string of the molecule is NC(=S)NN=C(c1nc2ccc(Cl)cc2[nH]c1=O)C(O)c1ccccc1O. The number of aromatic hydroxyl groups is 1. The number of phenols is 1. The molecule has 0 spiro atoms. The fourth-order valence-electron chi connectivity index (χ4n) is 2.46. The number of para-hydroxylation sites is 1. The molecule has 0 saturated carbocycles. The molecule has 1 heterocycles. The second kappa shape index (κ2) is 7.70. The third-order valence-electron chi connectivity index (χ3n) is 3.67. The lowest BCUT2D eigenvalue weighted by atomic mass is 10.0. The van der Waals surface area contributed by atoms with Gasteiger partial charge in [0.2, 0.25) is 0 Å². The molecule has 27 heavy (non-hydrogen) atoms. The molecule has 3 rings (SSSR count). The normalized spacial score (nSPS) is 12.7. The first-order valence-corrected chi connectivity index (χ1v) is 8.44. The second-order valence-corrected chi connectivity index (χ2v) is 6.39. The average molecular weight is 404 g/mol. The van der Waals surface area contributed by atoms with Crippen LogP contribution in [0.1, 0.15) is 17.4 Å². The lowest BCUT2D eigenvalue weighted by molar-refractivity contribution is 0.241. The summed E-state index contributed by atoms with van der Waals surface area (Å²) in [4.78, 5) is 19.5. The van der Waals surface area contributed by atoms with Crippen LogP contribution in [0.5, 0.6) is 5.75 Å². The number of nitrogens with zero attached hydrogens (tertiary/aromatic N) is 2. The van der Waals surface area contributed by atoms with E-state index in [9.17, 15) is 15.0 Å². The molecule has 138 valence electrons. The van der Waals surface area contributed by atoms with Gasteiger partial charge in [-0.3, -0.25) is 10.2 Å². The standard InChI is InChI=1S/C17H14ClN5O3S/c18-8-5-6-10-11(7-8)21-16(26)14(20-10)13(22-23-17(19)27)15(25)9-3-1-2-4-12(9)24/h1-7,15,24-25H,(H,21,26)(H3,19,23,27). The van der Waals surface area contributed by atoms with Gasteiger partial charge in [-0.25, -0.2) is 4.98 Å². The van der Waals surface area contributed by atoms with Crippen LogP contribution in [-0.4, -0.2) is 31.0 Å². The van der Waals surface area contributed by atoms with Crippen molar-refractivity contribution in [3.8, 4) is 5.75 Å². The van der Waals surface area contributed by atoms with E-state index in [-0.39, 0.29) is 27.8 Å². The highest BCUT2D eigenvalue weighted by molar-refractivity contribution is 7.80. The summed E-state index contributed by atoms with van der Waals surface area (Å²) in [5.74, 6) is -0.169. The molecule has 1 unspecified atom stereocenters. The Morgan fingerprint density at radius 3 is 2.78 bits per heavy atom. The quantitative estimate of drug-likeness (QED) is 0.253. The van der Waals surface area contributed by atoms with Gasteiger partial charge >= 0.3 is 0 Å². The first-order chi connectivity index (χ1) is 12.9. The summed E-state index contributed by atoms with van der Waals surface area (Å²) < 4.78 is 0. The number of aliphatic hydroxyl groups excluding tert-OH is 1. The van der Waals surface area contributed by atoms with Crippen LogP contribution in [0.2, 0.25) is 5.02 Å². The molecule has 1 atom stereocenters. The Balaban J connectivity index is 2.18. The van der Waals surface area contributed by atoms with Gasteiger partial charge in [-0.05, 0) is 36.5 Å². The molecule has 0 bridgehead atoms. The number of hydrazone groups is 1. The number of nitrogens with two attached hydrogens (primary N) is 1. The summed E-state index contributed by atoms with van der Waals surface area (Å²) in [6, 6.07) is 10.9. The number of thiocarbonyl (C=S) groups is 1. The maximum Gasteiger partial charge on any atom is 0.276 e.